The second-order valence-electron chi connectivity index (χ2n) is 11.2. The number of carboxylic acid groups (broad SMARTS) is 1. The minimum Gasteiger partial charge on any atom is -0.479 e. The largest absolute Gasteiger partial charge is 0.479 e. The predicted molar refractivity (Wildman–Crippen MR) is 133 cm³/mol. The summed E-state index contributed by atoms with van der Waals surface area (Å²) in [5, 5.41) is 133. The number of aliphatic hydroxyl groups is 12. The van der Waals surface area contributed by atoms with E-state index in [1.165, 1.54) is 6.92 Å². The van der Waals surface area contributed by atoms with Crippen molar-refractivity contribution in [3.8, 4) is 0 Å². The highest BCUT2D eigenvalue weighted by atomic mass is 16.8. The maximum absolute atomic E-state index is 12.1. The average molecular weight is 665 g/mol. The summed E-state index contributed by atoms with van der Waals surface area (Å²) in [5.74, 6) is -1.79. The average Bonchev–Trinajstić information content (AvgIpc) is 3.00. The van der Waals surface area contributed by atoms with Gasteiger partial charge in [0.1, 0.15) is 85.5 Å². The molecular weight excluding hydrogens is 624 g/mol. The molecule has 0 spiro atoms. The molecule has 0 unspecified atom stereocenters. The number of aliphatic carboxylic acids is 1. The molecular formula is C24H40O21. The van der Waals surface area contributed by atoms with Crippen LogP contribution in [0.4, 0.5) is 0 Å². The Kier molecular flexibility index (Phi) is 12.1. The van der Waals surface area contributed by atoms with Crippen LogP contribution in [0.5, 0.6) is 0 Å². The summed E-state index contributed by atoms with van der Waals surface area (Å²) in [6, 6.07) is 0. The van der Waals surface area contributed by atoms with Gasteiger partial charge in [0, 0.05) is 0 Å². The van der Waals surface area contributed by atoms with Gasteiger partial charge in [-0.2, -0.15) is 0 Å². The van der Waals surface area contributed by atoms with Crippen LogP contribution in [0.15, 0.2) is 0 Å². The number of rotatable bonds is 9. The van der Waals surface area contributed by atoms with E-state index in [-0.39, 0.29) is 0 Å². The zero-order valence-corrected chi connectivity index (χ0v) is 23.5. The van der Waals surface area contributed by atoms with Crippen molar-refractivity contribution < 1.29 is 104 Å². The van der Waals surface area contributed by atoms with Gasteiger partial charge in [0.2, 0.25) is 0 Å². The lowest BCUT2D eigenvalue weighted by Crippen LogP contribution is -2.68. The Hall–Kier alpha value is -1.29. The van der Waals surface area contributed by atoms with E-state index in [4.69, 9.17) is 33.2 Å². The minimum atomic E-state index is -2.19. The molecule has 0 bridgehead atoms. The van der Waals surface area contributed by atoms with Crippen molar-refractivity contribution in [2.45, 2.75) is 130 Å². The molecule has 4 saturated heterocycles. The molecule has 0 aromatic heterocycles. The SMILES string of the molecule is C[C@@H]1O[C@@H](O[C@H]2[C@H](O)[C@@H](O)[C@@H](O[C@@H]3[C@@H](O[C@H]4[C@@H](O)[C@H](O)[C@@H](CO)O[C@@H]4O)O[C@H](CO)[C@@H](O)[C@@H]3O)O[C@@H]2C(=O)O)[C@H](O)[C@H](O)[C@H]1O. The van der Waals surface area contributed by atoms with Crippen LogP contribution >= 0.6 is 0 Å². The van der Waals surface area contributed by atoms with Gasteiger partial charge in [-0.3, -0.25) is 0 Å². The molecule has 0 amide bonds. The molecule has 20 atom stereocenters. The number of hydrogen-bond acceptors (Lipinski definition) is 20. The van der Waals surface area contributed by atoms with Gasteiger partial charge >= 0.3 is 5.97 Å². The highest BCUT2D eigenvalue weighted by Crippen LogP contribution is 2.34. The van der Waals surface area contributed by atoms with Crippen LogP contribution in [0.25, 0.3) is 0 Å². The number of ether oxygens (including phenoxy) is 7. The van der Waals surface area contributed by atoms with Crippen LogP contribution in [0.3, 0.4) is 0 Å². The summed E-state index contributed by atoms with van der Waals surface area (Å²) in [5.41, 5.74) is 0. The van der Waals surface area contributed by atoms with E-state index < -0.39 is 142 Å². The zero-order chi connectivity index (χ0) is 33.5. The maximum atomic E-state index is 12.1. The molecule has 13 N–H and O–H groups in total. The standard InChI is InChI=1S/C24H40O21/c1-4-7(27)10(30)14(34)22(39-4)42-16-13(33)15(35)23(45-19(16)20(36)37)44-18-12(32)9(29)6(3-26)41-24(18)43-17-11(31)8(28)5(2-25)40-21(17)38/h4-19,21-35,38H,2-3H2,1H3,(H,36,37)/t4-,5+,6+,7-,8+,9+,10+,11-,12-,13+,14+,15+,16-,17-,18-,19-,21-,22-,23-,24+/m0/s1. The Balaban J connectivity index is 1.54. The van der Waals surface area contributed by atoms with Gasteiger partial charge in [-0.25, -0.2) is 4.79 Å². The first kappa shape index (κ1) is 36.5. The van der Waals surface area contributed by atoms with Crippen molar-refractivity contribution in [3.05, 3.63) is 0 Å². The van der Waals surface area contributed by atoms with Crippen LogP contribution in [0.1, 0.15) is 6.92 Å². The lowest BCUT2D eigenvalue weighted by atomic mass is 9.96. The van der Waals surface area contributed by atoms with E-state index in [0.29, 0.717) is 0 Å². The number of carbonyl (C=O) groups is 1. The van der Waals surface area contributed by atoms with Crippen molar-refractivity contribution >= 4 is 5.97 Å². The molecule has 0 saturated carbocycles. The lowest BCUT2D eigenvalue weighted by Gasteiger charge is -2.48. The Morgan fingerprint density at radius 1 is 0.533 bits per heavy atom. The van der Waals surface area contributed by atoms with Gasteiger partial charge in [0.25, 0.3) is 0 Å². The third kappa shape index (κ3) is 7.26. The number of aliphatic hydroxyl groups excluding tert-OH is 12. The maximum Gasteiger partial charge on any atom is 0.335 e. The van der Waals surface area contributed by atoms with Gasteiger partial charge in [-0.05, 0) is 6.92 Å². The van der Waals surface area contributed by atoms with Gasteiger partial charge < -0.3 is 99.5 Å². The molecule has 0 aromatic carbocycles. The van der Waals surface area contributed by atoms with E-state index in [1.807, 2.05) is 0 Å². The first-order valence-corrected chi connectivity index (χ1v) is 14.0. The first-order valence-electron chi connectivity index (χ1n) is 14.0. The minimum absolute atomic E-state index is 0.798. The molecule has 0 aliphatic carbocycles. The molecule has 4 aliphatic rings. The highest BCUT2D eigenvalue weighted by Gasteiger charge is 2.56. The Labute approximate surface area is 253 Å². The van der Waals surface area contributed by atoms with Gasteiger partial charge in [-0.15, -0.1) is 0 Å². The summed E-state index contributed by atoms with van der Waals surface area (Å²) in [4.78, 5) is 12.1. The van der Waals surface area contributed by atoms with Gasteiger partial charge in [0.15, 0.2) is 31.3 Å². The highest BCUT2D eigenvalue weighted by molar-refractivity contribution is 5.73. The van der Waals surface area contributed by atoms with E-state index >= 15 is 0 Å². The van der Waals surface area contributed by atoms with Crippen LogP contribution in [0.2, 0.25) is 0 Å². The van der Waals surface area contributed by atoms with Crippen molar-refractivity contribution in [3.63, 3.8) is 0 Å². The quantitative estimate of drug-likeness (QED) is 0.109. The van der Waals surface area contributed by atoms with E-state index in [9.17, 15) is 71.2 Å². The van der Waals surface area contributed by atoms with Crippen LogP contribution < -0.4 is 0 Å². The second-order valence-corrected chi connectivity index (χ2v) is 11.2. The molecule has 262 valence electrons. The van der Waals surface area contributed by atoms with Gasteiger partial charge in [-0.1, -0.05) is 0 Å². The van der Waals surface area contributed by atoms with Crippen molar-refractivity contribution in [2.24, 2.45) is 0 Å². The summed E-state index contributed by atoms with van der Waals surface area (Å²) < 4.78 is 37.4. The summed E-state index contributed by atoms with van der Waals surface area (Å²) >= 11 is 0. The first-order chi connectivity index (χ1) is 21.1. The van der Waals surface area contributed by atoms with Crippen LogP contribution in [-0.4, -0.2) is 208 Å². The smallest absolute Gasteiger partial charge is 0.335 e. The predicted octanol–water partition coefficient (Wildman–Crippen LogP) is -8.63. The molecule has 4 heterocycles. The van der Waals surface area contributed by atoms with Crippen molar-refractivity contribution in [1.29, 1.82) is 0 Å². The second kappa shape index (κ2) is 14.9. The van der Waals surface area contributed by atoms with Gasteiger partial charge in [0.05, 0.1) is 19.3 Å². The molecule has 0 aromatic rings. The Bertz CT molecular complexity index is 975. The fourth-order valence-corrected chi connectivity index (χ4v) is 5.42. The number of hydrogen-bond donors (Lipinski definition) is 13. The van der Waals surface area contributed by atoms with Crippen LogP contribution in [-0.2, 0) is 38.0 Å². The molecule has 0 radical (unpaired) electrons. The molecule has 21 nitrogen and oxygen atoms in total. The molecule has 45 heavy (non-hydrogen) atoms. The fraction of sp³-hybridized carbons (Fsp3) is 0.958. The molecule has 21 heteroatoms. The van der Waals surface area contributed by atoms with Crippen molar-refractivity contribution in [2.75, 3.05) is 13.2 Å². The zero-order valence-electron chi connectivity index (χ0n) is 23.5. The Morgan fingerprint density at radius 3 is 1.58 bits per heavy atom. The van der Waals surface area contributed by atoms with E-state index in [2.05, 4.69) is 0 Å². The molecule has 4 aliphatic heterocycles. The van der Waals surface area contributed by atoms with Crippen molar-refractivity contribution in [1.82, 2.24) is 0 Å². The normalized spacial score (nSPS) is 52.8. The summed E-state index contributed by atoms with van der Waals surface area (Å²) in [7, 11) is 0. The van der Waals surface area contributed by atoms with Crippen LogP contribution in [0, 0.1) is 0 Å². The van der Waals surface area contributed by atoms with E-state index in [1.54, 1.807) is 0 Å². The topological polar surface area (TPSA) is 345 Å². The third-order valence-electron chi connectivity index (χ3n) is 8.14. The summed E-state index contributed by atoms with van der Waals surface area (Å²) in [6.07, 6.45) is -37.3. The third-order valence-corrected chi connectivity index (χ3v) is 8.14. The fourth-order valence-electron chi connectivity index (χ4n) is 5.42. The number of carboxylic acids is 1. The summed E-state index contributed by atoms with van der Waals surface area (Å²) in [6.45, 7) is -0.382. The molecule has 4 fully saturated rings. The Morgan fingerprint density at radius 2 is 1.00 bits per heavy atom. The molecule has 4 rings (SSSR count). The lowest BCUT2D eigenvalue weighted by molar-refractivity contribution is -0.395. The monoisotopic (exact) mass is 664 g/mol. The van der Waals surface area contributed by atoms with E-state index in [0.717, 1.165) is 0 Å².